The molecule has 54 valence electrons. The molecule has 0 bridgehead atoms. The number of thiazole rings is 1. The Morgan fingerprint density at radius 2 is 2.50 bits per heavy atom. The van der Waals surface area contributed by atoms with E-state index in [9.17, 15) is 4.79 Å². The molecule has 0 aromatic carbocycles. The van der Waals surface area contributed by atoms with Crippen LogP contribution in [0.5, 0.6) is 0 Å². The first-order valence-corrected chi connectivity index (χ1v) is 3.62. The van der Waals surface area contributed by atoms with Crippen molar-refractivity contribution in [2.75, 3.05) is 7.11 Å². The van der Waals surface area contributed by atoms with Gasteiger partial charge in [0.2, 0.25) is 0 Å². The molecule has 10 heavy (non-hydrogen) atoms. The van der Waals surface area contributed by atoms with Crippen LogP contribution in [0, 0.1) is 6.92 Å². The molecule has 0 atom stereocenters. The van der Waals surface area contributed by atoms with E-state index in [0.717, 1.165) is 5.69 Å². The van der Waals surface area contributed by atoms with Crippen LogP contribution < -0.4 is 0 Å². The molecule has 0 saturated heterocycles. The zero-order valence-corrected chi connectivity index (χ0v) is 6.57. The first-order chi connectivity index (χ1) is 4.75. The van der Waals surface area contributed by atoms with E-state index in [0.29, 0.717) is 4.88 Å². The lowest BCUT2D eigenvalue weighted by atomic mass is 10.4. The van der Waals surface area contributed by atoms with Crippen molar-refractivity contribution in [1.29, 1.82) is 0 Å². The summed E-state index contributed by atoms with van der Waals surface area (Å²) >= 11 is 1.30. The van der Waals surface area contributed by atoms with Gasteiger partial charge >= 0.3 is 5.97 Å². The smallest absolute Gasteiger partial charge is 0.349 e. The van der Waals surface area contributed by atoms with Crippen LogP contribution >= 0.6 is 11.3 Å². The normalized spacial score (nSPS) is 9.40. The van der Waals surface area contributed by atoms with Gasteiger partial charge in [-0.15, -0.1) is 11.3 Å². The molecule has 0 aliphatic rings. The molecular weight excluding hydrogens is 150 g/mol. The van der Waals surface area contributed by atoms with Crippen molar-refractivity contribution in [3.05, 3.63) is 16.1 Å². The van der Waals surface area contributed by atoms with Crippen LogP contribution in [-0.2, 0) is 4.74 Å². The van der Waals surface area contributed by atoms with Crippen LogP contribution in [0.1, 0.15) is 15.4 Å². The Morgan fingerprint density at radius 1 is 1.80 bits per heavy atom. The Morgan fingerprint density at radius 3 is 2.90 bits per heavy atom. The molecule has 1 aromatic rings. The molecule has 3 nitrogen and oxygen atoms in total. The maximum absolute atomic E-state index is 10.8. The quantitative estimate of drug-likeness (QED) is 0.576. The number of aromatic nitrogens is 1. The van der Waals surface area contributed by atoms with E-state index >= 15 is 0 Å². The molecule has 0 aliphatic heterocycles. The van der Waals surface area contributed by atoms with Crippen LogP contribution in [0.25, 0.3) is 0 Å². The molecular formula is C6H7NO2S. The number of carbonyl (C=O) groups is 1. The van der Waals surface area contributed by atoms with Crippen LogP contribution in [0.2, 0.25) is 0 Å². The second kappa shape index (κ2) is 2.79. The molecule has 0 saturated carbocycles. The van der Waals surface area contributed by atoms with E-state index in [-0.39, 0.29) is 5.97 Å². The summed E-state index contributed by atoms with van der Waals surface area (Å²) in [6, 6.07) is 0. The third-order valence-electron chi connectivity index (χ3n) is 1.12. The Hall–Kier alpha value is -0.900. The number of hydrogen-bond acceptors (Lipinski definition) is 4. The lowest BCUT2D eigenvalue weighted by molar-refractivity contribution is 0.0605. The van der Waals surface area contributed by atoms with Crippen molar-refractivity contribution in [2.45, 2.75) is 6.92 Å². The molecule has 1 rings (SSSR count). The van der Waals surface area contributed by atoms with Crippen LogP contribution in [0.15, 0.2) is 5.51 Å². The van der Waals surface area contributed by atoms with Crippen molar-refractivity contribution in [3.63, 3.8) is 0 Å². The zero-order valence-electron chi connectivity index (χ0n) is 5.75. The Balaban J connectivity index is 2.93. The molecule has 4 heteroatoms. The van der Waals surface area contributed by atoms with Gasteiger partial charge in [0, 0.05) is 0 Å². The fourth-order valence-corrected chi connectivity index (χ4v) is 1.31. The predicted molar refractivity (Wildman–Crippen MR) is 38.2 cm³/mol. The second-order valence-electron chi connectivity index (χ2n) is 1.76. The highest BCUT2D eigenvalue weighted by Gasteiger charge is 2.10. The highest BCUT2D eigenvalue weighted by molar-refractivity contribution is 7.11. The van der Waals surface area contributed by atoms with Gasteiger partial charge in [0.1, 0.15) is 4.88 Å². The topological polar surface area (TPSA) is 39.2 Å². The standard InChI is InChI=1S/C6H7NO2S/c1-4-5(6(8)9-2)10-3-7-4/h3H,1-2H3. The third-order valence-corrected chi connectivity index (χ3v) is 2.02. The summed E-state index contributed by atoms with van der Waals surface area (Å²) in [5, 5.41) is 0. The summed E-state index contributed by atoms with van der Waals surface area (Å²) in [5.74, 6) is -0.306. The van der Waals surface area contributed by atoms with Gasteiger partial charge in [0.25, 0.3) is 0 Å². The minimum Gasteiger partial charge on any atom is -0.465 e. The van der Waals surface area contributed by atoms with Crippen molar-refractivity contribution >= 4 is 17.3 Å². The molecule has 0 N–H and O–H groups in total. The number of carbonyl (C=O) groups excluding carboxylic acids is 1. The second-order valence-corrected chi connectivity index (χ2v) is 2.61. The number of methoxy groups -OCH3 is 1. The average Bonchev–Trinajstić information content (AvgIpc) is 2.34. The molecule has 0 aliphatic carbocycles. The van der Waals surface area contributed by atoms with E-state index < -0.39 is 0 Å². The summed E-state index contributed by atoms with van der Waals surface area (Å²) in [5.41, 5.74) is 2.36. The van der Waals surface area contributed by atoms with Crippen LogP contribution in [0.4, 0.5) is 0 Å². The van der Waals surface area contributed by atoms with E-state index in [1.54, 1.807) is 12.4 Å². The number of rotatable bonds is 1. The highest BCUT2D eigenvalue weighted by atomic mass is 32.1. The van der Waals surface area contributed by atoms with Crippen molar-refractivity contribution in [3.8, 4) is 0 Å². The van der Waals surface area contributed by atoms with Crippen molar-refractivity contribution in [2.24, 2.45) is 0 Å². The van der Waals surface area contributed by atoms with Gasteiger partial charge in [-0.1, -0.05) is 0 Å². The van der Waals surface area contributed by atoms with Gasteiger partial charge in [0.05, 0.1) is 18.3 Å². The highest BCUT2D eigenvalue weighted by Crippen LogP contribution is 2.12. The largest absolute Gasteiger partial charge is 0.465 e. The molecule has 0 spiro atoms. The van der Waals surface area contributed by atoms with Gasteiger partial charge in [0.15, 0.2) is 0 Å². The van der Waals surface area contributed by atoms with Gasteiger partial charge < -0.3 is 4.74 Å². The Labute approximate surface area is 62.7 Å². The average molecular weight is 157 g/mol. The lowest BCUT2D eigenvalue weighted by Gasteiger charge is -1.92. The monoisotopic (exact) mass is 157 g/mol. The molecule has 0 unspecified atom stereocenters. The fourth-order valence-electron chi connectivity index (χ4n) is 0.591. The Kier molecular flexibility index (Phi) is 2.01. The minimum absolute atomic E-state index is 0.306. The third kappa shape index (κ3) is 1.16. The number of hydrogen-bond donors (Lipinski definition) is 0. The minimum atomic E-state index is -0.306. The van der Waals surface area contributed by atoms with Gasteiger partial charge in [-0.2, -0.15) is 0 Å². The number of aryl methyl sites for hydroxylation is 1. The molecule has 0 amide bonds. The summed E-state index contributed by atoms with van der Waals surface area (Å²) < 4.78 is 4.51. The summed E-state index contributed by atoms with van der Waals surface area (Å²) in [6.07, 6.45) is 0. The number of ether oxygens (including phenoxy) is 1. The van der Waals surface area contributed by atoms with Gasteiger partial charge in [-0.05, 0) is 6.92 Å². The summed E-state index contributed by atoms with van der Waals surface area (Å²) in [6.45, 7) is 1.78. The van der Waals surface area contributed by atoms with Crippen LogP contribution in [-0.4, -0.2) is 18.1 Å². The fraction of sp³-hybridized carbons (Fsp3) is 0.333. The van der Waals surface area contributed by atoms with E-state index in [4.69, 9.17) is 0 Å². The Bertz CT molecular complexity index is 244. The predicted octanol–water partition coefficient (Wildman–Crippen LogP) is 1.24. The van der Waals surface area contributed by atoms with Gasteiger partial charge in [-0.3, -0.25) is 0 Å². The van der Waals surface area contributed by atoms with Crippen molar-refractivity contribution < 1.29 is 9.53 Å². The molecule has 0 radical (unpaired) electrons. The van der Waals surface area contributed by atoms with E-state index in [1.165, 1.54) is 18.4 Å². The SMILES string of the molecule is COC(=O)c1scnc1C. The maximum atomic E-state index is 10.8. The first kappa shape index (κ1) is 7.21. The maximum Gasteiger partial charge on any atom is 0.349 e. The molecule has 1 heterocycles. The van der Waals surface area contributed by atoms with Gasteiger partial charge in [-0.25, -0.2) is 9.78 Å². The lowest BCUT2D eigenvalue weighted by Crippen LogP contribution is -1.99. The zero-order chi connectivity index (χ0) is 7.56. The molecule has 0 fully saturated rings. The number of esters is 1. The summed E-state index contributed by atoms with van der Waals surface area (Å²) in [7, 11) is 1.36. The van der Waals surface area contributed by atoms with Crippen molar-refractivity contribution in [1.82, 2.24) is 4.98 Å². The van der Waals surface area contributed by atoms with E-state index in [1.807, 2.05) is 0 Å². The van der Waals surface area contributed by atoms with Crippen LogP contribution in [0.3, 0.4) is 0 Å². The summed E-state index contributed by atoms with van der Waals surface area (Å²) in [4.78, 5) is 15.3. The number of nitrogens with zero attached hydrogens (tertiary/aromatic N) is 1. The van der Waals surface area contributed by atoms with E-state index in [2.05, 4.69) is 9.72 Å². The molecule has 1 aromatic heterocycles. The first-order valence-electron chi connectivity index (χ1n) is 2.74.